The Morgan fingerprint density at radius 1 is 1.12 bits per heavy atom. The first-order valence-corrected chi connectivity index (χ1v) is 7.43. The van der Waals surface area contributed by atoms with Gasteiger partial charge in [-0.3, -0.25) is 9.59 Å². The number of primary amides is 1. The maximum Gasteiger partial charge on any atom is 0.250 e. The topological polar surface area (TPSA) is 98.2 Å². The van der Waals surface area contributed by atoms with Crippen molar-refractivity contribution in [2.75, 3.05) is 5.32 Å². The Hall–Kier alpha value is -3.48. The van der Waals surface area contributed by atoms with E-state index in [4.69, 9.17) is 10.3 Å². The number of hydrogen-bond acceptors (Lipinski definition) is 4. The Morgan fingerprint density at radius 3 is 2.56 bits per heavy atom. The number of carbonyl (C=O) groups excluding carboxylic acids is 2. The third-order valence-corrected chi connectivity index (χ3v) is 3.50. The molecule has 0 saturated heterocycles. The second-order valence-corrected chi connectivity index (χ2v) is 5.32. The molecule has 6 nitrogen and oxygen atoms in total. The molecule has 0 aliphatic carbocycles. The van der Waals surface area contributed by atoms with Crippen molar-refractivity contribution in [1.29, 1.82) is 0 Å². The summed E-state index contributed by atoms with van der Waals surface area (Å²) in [5.74, 6) is -0.917. The second-order valence-electron chi connectivity index (χ2n) is 5.32. The predicted octanol–water partition coefficient (Wildman–Crippen LogP) is 2.76. The van der Waals surface area contributed by atoms with E-state index in [9.17, 15) is 14.0 Å². The van der Waals surface area contributed by atoms with Gasteiger partial charge in [0.05, 0.1) is 23.4 Å². The highest BCUT2D eigenvalue weighted by Crippen LogP contribution is 2.21. The number of nitrogens with one attached hydrogen (secondary N) is 1. The Labute approximate surface area is 142 Å². The highest BCUT2D eigenvalue weighted by atomic mass is 19.1. The zero-order valence-corrected chi connectivity index (χ0v) is 13.0. The van der Waals surface area contributed by atoms with Crippen LogP contribution in [0.5, 0.6) is 0 Å². The lowest BCUT2D eigenvalue weighted by Crippen LogP contribution is -2.19. The van der Waals surface area contributed by atoms with Crippen molar-refractivity contribution in [2.24, 2.45) is 5.73 Å². The highest BCUT2D eigenvalue weighted by Gasteiger charge is 2.13. The molecule has 0 fully saturated rings. The first-order chi connectivity index (χ1) is 12.0. The molecule has 0 unspecified atom stereocenters. The minimum Gasteiger partial charge on any atom is -0.366 e. The van der Waals surface area contributed by atoms with Gasteiger partial charge in [-0.05, 0) is 36.4 Å². The molecule has 2 aromatic carbocycles. The van der Waals surface area contributed by atoms with Crippen LogP contribution in [0.1, 0.15) is 16.1 Å². The summed E-state index contributed by atoms with van der Waals surface area (Å²) < 4.78 is 18.1. The van der Waals surface area contributed by atoms with E-state index in [1.165, 1.54) is 18.2 Å². The second kappa shape index (κ2) is 6.96. The molecule has 2 amide bonds. The van der Waals surface area contributed by atoms with Crippen LogP contribution in [-0.2, 0) is 11.2 Å². The summed E-state index contributed by atoms with van der Waals surface area (Å²) >= 11 is 0. The number of nitrogens with zero attached hydrogens (tertiary/aromatic N) is 1. The number of aromatic nitrogens is 1. The number of rotatable bonds is 5. The Balaban J connectivity index is 1.70. The van der Waals surface area contributed by atoms with Crippen LogP contribution >= 0.6 is 0 Å². The van der Waals surface area contributed by atoms with Gasteiger partial charge in [0.2, 0.25) is 5.91 Å². The first kappa shape index (κ1) is 16.4. The summed E-state index contributed by atoms with van der Waals surface area (Å²) in [6.07, 6.45) is -0.0439. The van der Waals surface area contributed by atoms with E-state index in [0.717, 1.165) is 0 Å². The smallest absolute Gasteiger partial charge is 0.250 e. The number of amides is 2. The van der Waals surface area contributed by atoms with E-state index in [2.05, 4.69) is 10.5 Å². The average Bonchev–Trinajstić information content (AvgIpc) is 3.04. The monoisotopic (exact) mass is 339 g/mol. The van der Waals surface area contributed by atoms with Crippen LogP contribution in [0.25, 0.3) is 11.3 Å². The minimum atomic E-state index is -0.629. The van der Waals surface area contributed by atoms with Gasteiger partial charge < -0.3 is 15.6 Å². The fourth-order valence-corrected chi connectivity index (χ4v) is 2.31. The molecular weight excluding hydrogens is 325 g/mol. The van der Waals surface area contributed by atoms with Gasteiger partial charge in [0.15, 0.2) is 5.76 Å². The molecule has 3 aromatic rings. The lowest BCUT2D eigenvalue weighted by Gasteiger charge is -2.07. The largest absolute Gasteiger partial charge is 0.366 e. The van der Waals surface area contributed by atoms with Gasteiger partial charge in [-0.1, -0.05) is 17.3 Å². The van der Waals surface area contributed by atoms with Gasteiger partial charge in [-0.2, -0.15) is 0 Å². The minimum absolute atomic E-state index is 0.0439. The van der Waals surface area contributed by atoms with Crippen molar-refractivity contribution in [1.82, 2.24) is 5.16 Å². The number of anilines is 1. The van der Waals surface area contributed by atoms with Crippen LogP contribution in [0.4, 0.5) is 10.1 Å². The van der Waals surface area contributed by atoms with Crippen molar-refractivity contribution in [3.05, 3.63) is 71.7 Å². The van der Waals surface area contributed by atoms with E-state index in [1.807, 2.05) is 0 Å². The van der Waals surface area contributed by atoms with Gasteiger partial charge in [0.25, 0.3) is 5.91 Å². The van der Waals surface area contributed by atoms with E-state index < -0.39 is 5.91 Å². The summed E-state index contributed by atoms with van der Waals surface area (Å²) in [7, 11) is 0. The normalized spacial score (nSPS) is 10.4. The lowest BCUT2D eigenvalue weighted by atomic mass is 10.1. The molecule has 0 aliphatic heterocycles. The fourth-order valence-electron chi connectivity index (χ4n) is 2.31. The fraction of sp³-hybridized carbons (Fsp3) is 0.0556. The molecule has 7 heteroatoms. The van der Waals surface area contributed by atoms with Gasteiger partial charge in [-0.25, -0.2) is 4.39 Å². The Kier molecular flexibility index (Phi) is 4.56. The molecule has 3 N–H and O–H groups in total. The maximum atomic E-state index is 12.9. The third kappa shape index (κ3) is 3.89. The van der Waals surface area contributed by atoms with Crippen LogP contribution in [0, 0.1) is 5.82 Å². The number of halogens is 1. The number of hydrogen-bond donors (Lipinski definition) is 2. The maximum absolute atomic E-state index is 12.9. The van der Waals surface area contributed by atoms with Crippen LogP contribution in [0.2, 0.25) is 0 Å². The van der Waals surface area contributed by atoms with Crippen molar-refractivity contribution in [3.8, 4) is 11.3 Å². The van der Waals surface area contributed by atoms with E-state index >= 15 is 0 Å². The molecule has 0 atom stereocenters. The molecule has 0 radical (unpaired) electrons. The number of benzene rings is 2. The number of para-hydroxylation sites is 1. The van der Waals surface area contributed by atoms with Gasteiger partial charge >= 0.3 is 0 Å². The molecule has 0 aliphatic rings. The lowest BCUT2D eigenvalue weighted by molar-refractivity contribution is -0.115. The average molecular weight is 339 g/mol. The van der Waals surface area contributed by atoms with E-state index in [1.54, 1.807) is 36.4 Å². The molecule has 0 saturated carbocycles. The summed E-state index contributed by atoms with van der Waals surface area (Å²) in [5.41, 5.74) is 6.90. The molecule has 25 heavy (non-hydrogen) atoms. The standard InChI is InChI=1S/C18H14FN3O3/c19-12-7-5-11(6-8-12)16-9-13(22-25-16)10-17(23)21-15-4-2-1-3-14(15)18(20)24/h1-9H,10H2,(H2,20,24)(H,21,23). The van der Waals surface area contributed by atoms with Crippen LogP contribution in [0.15, 0.2) is 59.1 Å². The number of nitrogens with two attached hydrogens (primary N) is 1. The molecule has 1 heterocycles. The molecule has 3 rings (SSSR count). The molecular formula is C18H14FN3O3. The first-order valence-electron chi connectivity index (χ1n) is 7.43. The van der Waals surface area contributed by atoms with Crippen molar-refractivity contribution < 1.29 is 18.5 Å². The summed E-state index contributed by atoms with van der Waals surface area (Å²) in [5, 5.41) is 6.46. The van der Waals surface area contributed by atoms with Crippen molar-refractivity contribution in [2.45, 2.75) is 6.42 Å². The van der Waals surface area contributed by atoms with Gasteiger partial charge in [0.1, 0.15) is 5.82 Å². The SMILES string of the molecule is NC(=O)c1ccccc1NC(=O)Cc1cc(-c2ccc(F)cc2)on1. The third-order valence-electron chi connectivity index (χ3n) is 3.50. The van der Waals surface area contributed by atoms with E-state index in [0.29, 0.717) is 22.7 Å². The molecule has 1 aromatic heterocycles. The van der Waals surface area contributed by atoms with Gasteiger partial charge in [0, 0.05) is 11.6 Å². The van der Waals surface area contributed by atoms with Crippen LogP contribution < -0.4 is 11.1 Å². The van der Waals surface area contributed by atoms with E-state index in [-0.39, 0.29) is 23.7 Å². The Bertz CT molecular complexity index is 919. The number of carbonyl (C=O) groups is 2. The molecule has 126 valence electrons. The highest BCUT2D eigenvalue weighted by molar-refractivity contribution is 6.03. The quantitative estimate of drug-likeness (QED) is 0.747. The Morgan fingerprint density at radius 2 is 1.84 bits per heavy atom. The summed E-state index contributed by atoms with van der Waals surface area (Å²) in [6, 6.07) is 13.8. The zero-order chi connectivity index (χ0) is 17.8. The van der Waals surface area contributed by atoms with Crippen LogP contribution in [-0.4, -0.2) is 17.0 Å². The molecule has 0 spiro atoms. The van der Waals surface area contributed by atoms with Gasteiger partial charge in [-0.15, -0.1) is 0 Å². The summed E-state index contributed by atoms with van der Waals surface area (Å²) in [4.78, 5) is 23.5. The summed E-state index contributed by atoms with van der Waals surface area (Å²) in [6.45, 7) is 0. The van der Waals surface area contributed by atoms with Crippen molar-refractivity contribution >= 4 is 17.5 Å². The predicted molar refractivity (Wildman–Crippen MR) is 89.2 cm³/mol. The van der Waals surface area contributed by atoms with Crippen molar-refractivity contribution in [3.63, 3.8) is 0 Å². The van der Waals surface area contributed by atoms with Crippen LogP contribution in [0.3, 0.4) is 0 Å². The zero-order valence-electron chi connectivity index (χ0n) is 13.0. The molecule has 0 bridgehead atoms.